The summed E-state index contributed by atoms with van der Waals surface area (Å²) >= 11 is 0. The Labute approximate surface area is 146 Å². The summed E-state index contributed by atoms with van der Waals surface area (Å²) < 4.78 is 18.3. The molecule has 25 heavy (non-hydrogen) atoms. The van der Waals surface area contributed by atoms with Crippen molar-refractivity contribution in [2.45, 2.75) is 58.4 Å². The quantitative estimate of drug-likeness (QED) is 0.891. The van der Waals surface area contributed by atoms with E-state index in [4.69, 9.17) is 4.74 Å². The average molecular weight is 349 g/mol. The molecule has 1 aliphatic carbocycles. The molecule has 0 bridgehead atoms. The van der Waals surface area contributed by atoms with E-state index in [0.717, 1.165) is 11.3 Å². The third kappa shape index (κ3) is 4.27. The van der Waals surface area contributed by atoms with Gasteiger partial charge >= 0.3 is 6.09 Å². The van der Waals surface area contributed by atoms with Gasteiger partial charge in [0, 0.05) is 24.6 Å². The second-order valence-corrected chi connectivity index (χ2v) is 7.74. The molecule has 0 radical (unpaired) electrons. The zero-order chi connectivity index (χ0) is 18.2. The molecule has 136 valence electrons. The van der Waals surface area contributed by atoms with Gasteiger partial charge in [-0.15, -0.1) is 0 Å². The van der Waals surface area contributed by atoms with Crippen molar-refractivity contribution in [2.75, 3.05) is 11.9 Å². The summed E-state index contributed by atoms with van der Waals surface area (Å²) in [7, 11) is 0. The number of carbonyl (C=O) groups excluding carboxylic acids is 2. The Balaban J connectivity index is 1.65. The number of nitrogens with zero attached hydrogens (tertiary/aromatic N) is 2. The Morgan fingerprint density at radius 3 is 2.72 bits per heavy atom. The van der Waals surface area contributed by atoms with Gasteiger partial charge in [-0.2, -0.15) is 0 Å². The van der Waals surface area contributed by atoms with Crippen molar-refractivity contribution in [2.24, 2.45) is 5.92 Å². The number of anilines is 1. The molecule has 1 aromatic heterocycles. The van der Waals surface area contributed by atoms with Gasteiger partial charge in [-0.1, -0.05) is 0 Å². The van der Waals surface area contributed by atoms with Crippen molar-refractivity contribution in [3.8, 4) is 0 Å². The third-order valence-corrected chi connectivity index (χ3v) is 4.41. The Hall–Kier alpha value is -2.18. The molecule has 1 aliphatic heterocycles. The smallest absolute Gasteiger partial charge is 0.410 e. The van der Waals surface area contributed by atoms with Gasteiger partial charge in [0.2, 0.25) is 5.91 Å². The molecule has 7 heteroatoms. The molecule has 0 atom stereocenters. The lowest BCUT2D eigenvalue weighted by Gasteiger charge is -2.31. The lowest BCUT2D eigenvalue weighted by Crippen LogP contribution is -2.40. The number of ether oxygens (including phenoxy) is 1. The predicted octanol–water partition coefficient (Wildman–Crippen LogP) is 3.06. The lowest BCUT2D eigenvalue weighted by atomic mass is 9.83. The van der Waals surface area contributed by atoms with Gasteiger partial charge < -0.3 is 15.0 Å². The summed E-state index contributed by atoms with van der Waals surface area (Å²) in [5.41, 5.74) is 1.86. The number of hydrogen-bond acceptors (Lipinski definition) is 4. The zero-order valence-electron chi connectivity index (χ0n) is 14.8. The zero-order valence-corrected chi connectivity index (χ0v) is 14.8. The number of fused-ring (bicyclic) bond motifs is 1. The maximum atomic E-state index is 12.9. The van der Waals surface area contributed by atoms with Crippen LogP contribution in [0.4, 0.5) is 14.9 Å². The Morgan fingerprint density at radius 2 is 2.08 bits per heavy atom. The molecule has 0 aromatic carbocycles. The van der Waals surface area contributed by atoms with Crippen LogP contribution in [-0.4, -0.2) is 40.2 Å². The predicted molar refractivity (Wildman–Crippen MR) is 90.8 cm³/mol. The summed E-state index contributed by atoms with van der Waals surface area (Å²) in [5, 5.41) is 2.79. The minimum absolute atomic E-state index is 0.171. The molecule has 2 aliphatic rings. The van der Waals surface area contributed by atoms with Crippen molar-refractivity contribution in [3.63, 3.8) is 0 Å². The number of amides is 2. The number of aromatic nitrogens is 1. The summed E-state index contributed by atoms with van der Waals surface area (Å²) in [6.45, 7) is 6.46. The number of carbonyl (C=O) groups is 2. The van der Waals surface area contributed by atoms with Gasteiger partial charge in [-0.3, -0.25) is 9.78 Å². The standard InChI is InChI=1S/C18H24FN3O3/c1-18(2,3)25-17(24)22-5-4-15-12(10-22)8-14(9-20-15)21-16(23)11-6-13(19)7-11/h8-9,11,13H,4-7,10H2,1-3H3,(H,21,23). The van der Waals surface area contributed by atoms with Crippen LogP contribution in [0.1, 0.15) is 44.9 Å². The van der Waals surface area contributed by atoms with Crippen LogP contribution in [0.5, 0.6) is 0 Å². The molecule has 0 spiro atoms. The number of rotatable bonds is 2. The maximum absolute atomic E-state index is 12.9. The van der Waals surface area contributed by atoms with Crippen LogP contribution in [0.3, 0.4) is 0 Å². The van der Waals surface area contributed by atoms with Crippen molar-refractivity contribution >= 4 is 17.7 Å². The third-order valence-electron chi connectivity index (χ3n) is 4.41. The van der Waals surface area contributed by atoms with Crippen molar-refractivity contribution in [1.29, 1.82) is 0 Å². The number of halogens is 1. The maximum Gasteiger partial charge on any atom is 0.410 e. The van der Waals surface area contributed by atoms with E-state index in [1.165, 1.54) is 0 Å². The minimum Gasteiger partial charge on any atom is -0.444 e. The van der Waals surface area contributed by atoms with E-state index in [9.17, 15) is 14.0 Å². The monoisotopic (exact) mass is 349 g/mol. The highest BCUT2D eigenvalue weighted by Crippen LogP contribution is 2.31. The number of pyridine rings is 1. The van der Waals surface area contributed by atoms with Crippen LogP contribution in [-0.2, 0) is 22.5 Å². The Kier molecular flexibility index (Phi) is 4.67. The second-order valence-electron chi connectivity index (χ2n) is 7.74. The summed E-state index contributed by atoms with van der Waals surface area (Å²) in [6.07, 6.45) is 1.63. The molecule has 0 saturated heterocycles. The van der Waals surface area contributed by atoms with Crippen molar-refractivity contribution < 1.29 is 18.7 Å². The lowest BCUT2D eigenvalue weighted by molar-refractivity contribution is -0.124. The molecular formula is C18H24FN3O3. The van der Waals surface area contributed by atoms with Crippen molar-refractivity contribution in [3.05, 3.63) is 23.5 Å². The first-order chi connectivity index (χ1) is 11.7. The largest absolute Gasteiger partial charge is 0.444 e. The van der Waals surface area contributed by atoms with E-state index in [2.05, 4.69) is 10.3 Å². The SMILES string of the molecule is CC(C)(C)OC(=O)N1CCc2ncc(NC(=O)C3CC(F)C3)cc2C1. The number of alkyl halides is 1. The summed E-state index contributed by atoms with van der Waals surface area (Å²) in [4.78, 5) is 30.3. The van der Waals surface area contributed by atoms with Gasteiger partial charge in [-0.05, 0) is 45.2 Å². The fourth-order valence-corrected chi connectivity index (χ4v) is 2.98. The van der Waals surface area contributed by atoms with Crippen LogP contribution in [0.15, 0.2) is 12.3 Å². The molecule has 1 saturated carbocycles. The number of nitrogens with one attached hydrogen (secondary N) is 1. The van der Waals surface area contributed by atoms with Crippen molar-refractivity contribution in [1.82, 2.24) is 9.88 Å². The second kappa shape index (κ2) is 6.61. The first-order valence-corrected chi connectivity index (χ1v) is 8.62. The van der Waals surface area contributed by atoms with Crippen LogP contribution >= 0.6 is 0 Å². The average Bonchev–Trinajstić information content (AvgIpc) is 2.49. The first-order valence-electron chi connectivity index (χ1n) is 8.62. The van der Waals surface area contributed by atoms with Gasteiger partial charge in [0.15, 0.2) is 0 Å². The van der Waals surface area contributed by atoms with E-state index < -0.39 is 11.8 Å². The molecule has 2 amide bonds. The van der Waals surface area contributed by atoms with Gasteiger partial charge in [0.1, 0.15) is 11.8 Å². The van der Waals surface area contributed by atoms with E-state index in [-0.39, 0.29) is 30.8 Å². The van der Waals surface area contributed by atoms with Gasteiger partial charge in [-0.25, -0.2) is 9.18 Å². The van der Waals surface area contributed by atoms with Crippen LogP contribution in [0.25, 0.3) is 0 Å². The fourth-order valence-electron chi connectivity index (χ4n) is 2.98. The molecule has 1 fully saturated rings. The van der Waals surface area contributed by atoms with E-state index in [1.807, 2.05) is 26.8 Å². The molecule has 1 N–H and O–H groups in total. The van der Waals surface area contributed by atoms with E-state index in [0.29, 0.717) is 25.2 Å². The summed E-state index contributed by atoms with van der Waals surface area (Å²) in [5.74, 6) is -0.431. The Morgan fingerprint density at radius 1 is 1.36 bits per heavy atom. The molecule has 6 nitrogen and oxygen atoms in total. The van der Waals surface area contributed by atoms with E-state index in [1.54, 1.807) is 11.1 Å². The minimum atomic E-state index is -0.861. The highest BCUT2D eigenvalue weighted by molar-refractivity contribution is 5.93. The van der Waals surface area contributed by atoms with Crippen LogP contribution in [0.2, 0.25) is 0 Å². The number of hydrogen-bond donors (Lipinski definition) is 1. The fraction of sp³-hybridized carbons (Fsp3) is 0.611. The molecule has 2 heterocycles. The molecule has 1 aromatic rings. The normalized spacial score (nSPS) is 22.6. The van der Waals surface area contributed by atoms with E-state index >= 15 is 0 Å². The van der Waals surface area contributed by atoms with Crippen LogP contribution in [0, 0.1) is 5.92 Å². The first kappa shape index (κ1) is 17.6. The van der Waals surface area contributed by atoms with Gasteiger partial charge in [0.05, 0.1) is 18.4 Å². The highest BCUT2D eigenvalue weighted by atomic mass is 19.1. The Bertz CT molecular complexity index is 681. The summed E-state index contributed by atoms with van der Waals surface area (Å²) in [6, 6.07) is 1.84. The molecule has 3 rings (SSSR count). The topological polar surface area (TPSA) is 71.5 Å². The van der Waals surface area contributed by atoms with Crippen LogP contribution < -0.4 is 5.32 Å². The highest BCUT2D eigenvalue weighted by Gasteiger charge is 2.34. The molecular weight excluding hydrogens is 325 g/mol. The van der Waals surface area contributed by atoms with Gasteiger partial charge in [0.25, 0.3) is 0 Å². The molecule has 0 unspecified atom stereocenters.